The van der Waals surface area contributed by atoms with Crippen LogP contribution in [-0.2, 0) is 11.3 Å². The van der Waals surface area contributed by atoms with Crippen molar-refractivity contribution in [2.75, 3.05) is 6.61 Å². The van der Waals surface area contributed by atoms with Crippen molar-refractivity contribution in [2.45, 2.75) is 33.8 Å². The van der Waals surface area contributed by atoms with E-state index in [2.05, 4.69) is 45.0 Å². The number of benzene rings is 1. The first-order chi connectivity index (χ1) is 7.57. The van der Waals surface area contributed by atoms with Gasteiger partial charge < -0.3 is 4.74 Å². The third-order valence-corrected chi connectivity index (χ3v) is 3.48. The number of ether oxygens (including phenoxy) is 1. The molecule has 0 unspecified atom stereocenters. The average Bonchev–Trinajstić information content (AvgIpc) is 2.98. The van der Waals surface area contributed by atoms with Crippen molar-refractivity contribution in [3.05, 3.63) is 35.9 Å². The molecule has 0 heterocycles. The molecule has 0 amide bonds. The van der Waals surface area contributed by atoms with Crippen molar-refractivity contribution in [2.24, 2.45) is 17.3 Å². The molecule has 0 N–H and O–H groups in total. The Kier molecular flexibility index (Phi) is 3.34. The molecule has 1 nitrogen and oxygen atoms in total. The summed E-state index contributed by atoms with van der Waals surface area (Å²) in [4.78, 5) is 0. The minimum atomic E-state index is 0.459. The molecule has 0 aromatic heterocycles. The molecule has 1 aliphatic carbocycles. The lowest BCUT2D eigenvalue weighted by Crippen LogP contribution is -2.11. The fourth-order valence-corrected chi connectivity index (χ4v) is 2.39. The van der Waals surface area contributed by atoms with Gasteiger partial charge in [0.15, 0.2) is 0 Å². The molecule has 0 aliphatic heterocycles. The van der Waals surface area contributed by atoms with Crippen LogP contribution in [0, 0.1) is 17.3 Å². The molecule has 1 saturated carbocycles. The van der Waals surface area contributed by atoms with E-state index >= 15 is 0 Å². The van der Waals surface area contributed by atoms with E-state index < -0.39 is 0 Å². The van der Waals surface area contributed by atoms with Gasteiger partial charge in [-0.25, -0.2) is 0 Å². The van der Waals surface area contributed by atoms with Crippen LogP contribution in [-0.4, -0.2) is 6.61 Å². The zero-order valence-corrected chi connectivity index (χ0v) is 10.6. The van der Waals surface area contributed by atoms with Crippen LogP contribution in [0.5, 0.6) is 0 Å². The van der Waals surface area contributed by atoms with Crippen LogP contribution in [0.1, 0.15) is 32.8 Å². The third kappa shape index (κ3) is 3.08. The average molecular weight is 218 g/mol. The molecular formula is C15H22O. The van der Waals surface area contributed by atoms with Crippen LogP contribution >= 0.6 is 0 Å². The van der Waals surface area contributed by atoms with E-state index in [-0.39, 0.29) is 0 Å². The zero-order chi connectivity index (χ0) is 11.6. The molecule has 0 radical (unpaired) electrons. The van der Waals surface area contributed by atoms with E-state index in [1.54, 1.807) is 0 Å². The first kappa shape index (κ1) is 11.7. The first-order valence-corrected chi connectivity index (χ1v) is 6.19. The fourth-order valence-electron chi connectivity index (χ4n) is 2.39. The summed E-state index contributed by atoms with van der Waals surface area (Å²) in [5, 5.41) is 0. The van der Waals surface area contributed by atoms with Crippen molar-refractivity contribution >= 4 is 0 Å². The topological polar surface area (TPSA) is 9.23 Å². The summed E-state index contributed by atoms with van der Waals surface area (Å²) in [5.41, 5.74) is 1.73. The summed E-state index contributed by atoms with van der Waals surface area (Å²) >= 11 is 0. The molecule has 88 valence electrons. The van der Waals surface area contributed by atoms with Gasteiger partial charge in [0.2, 0.25) is 0 Å². The van der Waals surface area contributed by atoms with E-state index in [9.17, 15) is 0 Å². The summed E-state index contributed by atoms with van der Waals surface area (Å²) in [6.07, 6.45) is 1.35. The van der Waals surface area contributed by atoms with Crippen molar-refractivity contribution in [1.82, 2.24) is 0 Å². The molecule has 16 heavy (non-hydrogen) atoms. The Morgan fingerprint density at radius 3 is 2.44 bits per heavy atom. The van der Waals surface area contributed by atoms with Crippen LogP contribution in [0.4, 0.5) is 0 Å². The number of rotatable bonds is 4. The van der Waals surface area contributed by atoms with Crippen LogP contribution in [0.3, 0.4) is 0 Å². The number of hydrogen-bond acceptors (Lipinski definition) is 1. The second-order valence-corrected chi connectivity index (χ2v) is 5.97. The summed E-state index contributed by atoms with van der Waals surface area (Å²) < 4.78 is 5.77. The second kappa shape index (κ2) is 4.58. The minimum absolute atomic E-state index is 0.459. The smallest absolute Gasteiger partial charge is 0.0717 e. The zero-order valence-electron chi connectivity index (χ0n) is 10.6. The lowest BCUT2D eigenvalue weighted by molar-refractivity contribution is 0.102. The Hall–Kier alpha value is -0.820. The standard InChI is InChI=1S/C15H22O/c1-15(2,3)14-9-13(14)11-16-10-12-7-5-4-6-8-12/h4-8,13-14H,9-11H2,1-3H3/t13-,14+/m0/s1. The fraction of sp³-hybridized carbons (Fsp3) is 0.600. The van der Waals surface area contributed by atoms with Crippen LogP contribution < -0.4 is 0 Å². The molecule has 2 rings (SSSR count). The summed E-state index contributed by atoms with van der Waals surface area (Å²) in [5.74, 6) is 1.66. The van der Waals surface area contributed by atoms with Gasteiger partial charge in [-0.2, -0.15) is 0 Å². The molecule has 2 atom stereocenters. The maximum absolute atomic E-state index is 5.77. The largest absolute Gasteiger partial charge is 0.376 e. The maximum Gasteiger partial charge on any atom is 0.0717 e. The van der Waals surface area contributed by atoms with Gasteiger partial charge in [-0.15, -0.1) is 0 Å². The van der Waals surface area contributed by atoms with E-state index in [0.717, 1.165) is 25.0 Å². The Bertz CT molecular complexity index is 323. The van der Waals surface area contributed by atoms with E-state index in [1.807, 2.05) is 6.07 Å². The third-order valence-electron chi connectivity index (χ3n) is 3.48. The van der Waals surface area contributed by atoms with Crippen molar-refractivity contribution in [1.29, 1.82) is 0 Å². The van der Waals surface area contributed by atoms with E-state index in [1.165, 1.54) is 12.0 Å². The van der Waals surface area contributed by atoms with Crippen LogP contribution in [0.2, 0.25) is 0 Å². The highest BCUT2D eigenvalue weighted by atomic mass is 16.5. The predicted octanol–water partition coefficient (Wildman–Crippen LogP) is 3.89. The lowest BCUT2D eigenvalue weighted by atomic mass is 9.89. The molecule has 0 saturated heterocycles. The maximum atomic E-state index is 5.77. The van der Waals surface area contributed by atoms with Crippen molar-refractivity contribution in [3.8, 4) is 0 Å². The van der Waals surface area contributed by atoms with Gasteiger partial charge in [-0.05, 0) is 29.2 Å². The number of hydrogen-bond donors (Lipinski definition) is 0. The van der Waals surface area contributed by atoms with Gasteiger partial charge in [-0.1, -0.05) is 51.1 Å². The molecule has 0 bridgehead atoms. The van der Waals surface area contributed by atoms with Gasteiger partial charge in [0.05, 0.1) is 13.2 Å². The second-order valence-electron chi connectivity index (χ2n) is 5.97. The van der Waals surface area contributed by atoms with Crippen molar-refractivity contribution in [3.63, 3.8) is 0 Å². The Labute approximate surface area is 98.8 Å². The summed E-state index contributed by atoms with van der Waals surface area (Å²) in [7, 11) is 0. The molecule has 1 aliphatic rings. The highest BCUT2D eigenvalue weighted by Gasteiger charge is 2.44. The van der Waals surface area contributed by atoms with Crippen LogP contribution in [0.15, 0.2) is 30.3 Å². The van der Waals surface area contributed by atoms with Gasteiger partial charge in [0.25, 0.3) is 0 Å². The normalized spacial score (nSPS) is 24.4. The molecule has 0 spiro atoms. The quantitative estimate of drug-likeness (QED) is 0.745. The Balaban J connectivity index is 1.68. The highest BCUT2D eigenvalue weighted by Crippen LogP contribution is 2.50. The monoisotopic (exact) mass is 218 g/mol. The van der Waals surface area contributed by atoms with E-state index in [0.29, 0.717) is 5.41 Å². The Morgan fingerprint density at radius 2 is 1.88 bits per heavy atom. The molecule has 1 fully saturated rings. The molecule has 1 aromatic carbocycles. The molecule has 1 heteroatoms. The Morgan fingerprint density at radius 1 is 1.19 bits per heavy atom. The van der Waals surface area contributed by atoms with Crippen molar-refractivity contribution < 1.29 is 4.74 Å². The van der Waals surface area contributed by atoms with Gasteiger partial charge >= 0.3 is 0 Å². The molecular weight excluding hydrogens is 196 g/mol. The predicted molar refractivity (Wildman–Crippen MR) is 67.2 cm³/mol. The van der Waals surface area contributed by atoms with Crippen LogP contribution in [0.25, 0.3) is 0 Å². The summed E-state index contributed by atoms with van der Waals surface area (Å²) in [6.45, 7) is 8.67. The van der Waals surface area contributed by atoms with Gasteiger partial charge in [0.1, 0.15) is 0 Å². The van der Waals surface area contributed by atoms with E-state index in [4.69, 9.17) is 4.74 Å². The molecule has 1 aromatic rings. The lowest BCUT2D eigenvalue weighted by Gasteiger charge is -2.18. The highest BCUT2D eigenvalue weighted by molar-refractivity contribution is 5.13. The SMILES string of the molecule is CC(C)(C)[C@@H]1C[C@H]1COCc1ccccc1. The summed E-state index contributed by atoms with van der Waals surface area (Å²) in [6, 6.07) is 10.4. The van der Waals surface area contributed by atoms with Gasteiger partial charge in [-0.3, -0.25) is 0 Å². The first-order valence-electron chi connectivity index (χ1n) is 6.19. The minimum Gasteiger partial charge on any atom is -0.376 e. The van der Waals surface area contributed by atoms with Gasteiger partial charge in [0, 0.05) is 0 Å².